The van der Waals surface area contributed by atoms with Gasteiger partial charge in [0.25, 0.3) is 0 Å². The third-order valence-corrected chi connectivity index (χ3v) is 6.90. The van der Waals surface area contributed by atoms with Crippen LogP contribution in [-0.2, 0) is 14.8 Å². The molecular formula is C18H21N3O4S. The van der Waals surface area contributed by atoms with Crippen molar-refractivity contribution in [2.45, 2.75) is 23.3 Å². The van der Waals surface area contributed by atoms with Crippen LogP contribution in [0, 0.1) is 5.92 Å². The van der Waals surface area contributed by atoms with E-state index in [-0.39, 0.29) is 10.5 Å². The highest BCUT2D eigenvalue weighted by molar-refractivity contribution is 7.89. The SMILES string of the molecule is O=S(=O)(c1cccnc1)N1CC2(C1)OCC[C@@H]2CCOc1cccnc1. The maximum Gasteiger partial charge on any atom is 0.244 e. The molecule has 2 aromatic rings. The zero-order valence-corrected chi connectivity index (χ0v) is 15.1. The van der Waals surface area contributed by atoms with E-state index in [0.29, 0.717) is 32.2 Å². The van der Waals surface area contributed by atoms with Gasteiger partial charge >= 0.3 is 0 Å². The van der Waals surface area contributed by atoms with Gasteiger partial charge in [0.2, 0.25) is 10.0 Å². The molecule has 0 unspecified atom stereocenters. The molecule has 0 bridgehead atoms. The molecule has 2 aliphatic rings. The Labute approximate surface area is 153 Å². The molecule has 0 saturated carbocycles. The molecular weight excluding hydrogens is 354 g/mol. The maximum absolute atomic E-state index is 12.7. The standard InChI is InChI=1S/C18H21N3O4S/c22-26(23,17-4-2-8-20-12-17)21-13-18(14-21)15(6-10-25-18)5-9-24-16-3-1-7-19-11-16/h1-4,7-8,11-12,15H,5-6,9-10,13-14H2/t15-/m0/s1. The lowest BCUT2D eigenvalue weighted by Crippen LogP contribution is -2.66. The summed E-state index contributed by atoms with van der Waals surface area (Å²) >= 11 is 0. The van der Waals surface area contributed by atoms with Crippen LogP contribution in [0.15, 0.2) is 53.9 Å². The number of ether oxygens (including phenoxy) is 2. The number of rotatable bonds is 6. The predicted octanol–water partition coefficient (Wildman–Crippen LogP) is 1.73. The van der Waals surface area contributed by atoms with Crippen molar-refractivity contribution in [2.75, 3.05) is 26.3 Å². The summed E-state index contributed by atoms with van der Waals surface area (Å²) in [5.74, 6) is 1.04. The van der Waals surface area contributed by atoms with Crippen molar-refractivity contribution in [1.82, 2.24) is 14.3 Å². The summed E-state index contributed by atoms with van der Waals surface area (Å²) in [4.78, 5) is 8.16. The zero-order chi connectivity index (χ0) is 18.0. The second kappa shape index (κ2) is 6.94. The first kappa shape index (κ1) is 17.4. The van der Waals surface area contributed by atoms with E-state index in [1.54, 1.807) is 30.7 Å². The van der Waals surface area contributed by atoms with E-state index in [0.717, 1.165) is 18.6 Å². The van der Waals surface area contributed by atoms with Crippen molar-refractivity contribution in [3.63, 3.8) is 0 Å². The van der Waals surface area contributed by atoms with E-state index in [1.807, 2.05) is 12.1 Å². The van der Waals surface area contributed by atoms with Crippen LogP contribution in [0.25, 0.3) is 0 Å². The lowest BCUT2D eigenvalue weighted by molar-refractivity contribution is -0.104. The Morgan fingerprint density at radius 1 is 1.19 bits per heavy atom. The van der Waals surface area contributed by atoms with E-state index >= 15 is 0 Å². The van der Waals surface area contributed by atoms with Gasteiger partial charge in [0.05, 0.1) is 18.4 Å². The molecule has 1 spiro atoms. The molecule has 2 aromatic heterocycles. The Kier molecular flexibility index (Phi) is 4.64. The average Bonchev–Trinajstić information content (AvgIpc) is 3.06. The van der Waals surface area contributed by atoms with Gasteiger partial charge in [-0.05, 0) is 43.0 Å². The Morgan fingerprint density at radius 2 is 1.96 bits per heavy atom. The van der Waals surface area contributed by atoms with E-state index < -0.39 is 10.0 Å². The molecule has 7 nitrogen and oxygen atoms in total. The first-order chi connectivity index (χ1) is 12.6. The van der Waals surface area contributed by atoms with Gasteiger partial charge in [0.1, 0.15) is 10.6 Å². The molecule has 8 heteroatoms. The van der Waals surface area contributed by atoms with Gasteiger partial charge in [0, 0.05) is 38.3 Å². The largest absolute Gasteiger partial charge is 0.492 e. The number of nitrogens with zero attached hydrogens (tertiary/aromatic N) is 3. The molecule has 26 heavy (non-hydrogen) atoms. The van der Waals surface area contributed by atoms with Crippen LogP contribution in [0.5, 0.6) is 5.75 Å². The average molecular weight is 375 g/mol. The highest BCUT2D eigenvalue weighted by Gasteiger charge is 2.56. The molecule has 1 atom stereocenters. The topological polar surface area (TPSA) is 81.6 Å². The Bertz CT molecular complexity index is 839. The second-order valence-corrected chi connectivity index (χ2v) is 8.62. The Balaban J connectivity index is 1.36. The van der Waals surface area contributed by atoms with Crippen molar-refractivity contribution in [3.05, 3.63) is 49.1 Å². The predicted molar refractivity (Wildman–Crippen MR) is 94.1 cm³/mol. The van der Waals surface area contributed by atoms with Gasteiger partial charge in [-0.15, -0.1) is 0 Å². The number of hydrogen-bond acceptors (Lipinski definition) is 6. The normalized spacial score (nSPS) is 22.2. The molecule has 0 radical (unpaired) electrons. The minimum atomic E-state index is -3.50. The lowest BCUT2D eigenvalue weighted by atomic mass is 9.80. The fourth-order valence-electron chi connectivity index (χ4n) is 3.66. The molecule has 2 fully saturated rings. The molecule has 4 rings (SSSR count). The monoisotopic (exact) mass is 375 g/mol. The van der Waals surface area contributed by atoms with Crippen LogP contribution in [0.4, 0.5) is 0 Å². The Morgan fingerprint density at radius 3 is 2.65 bits per heavy atom. The van der Waals surface area contributed by atoms with Crippen molar-refractivity contribution in [3.8, 4) is 5.75 Å². The highest BCUT2D eigenvalue weighted by atomic mass is 32.2. The van der Waals surface area contributed by atoms with Gasteiger partial charge in [-0.25, -0.2) is 8.42 Å². The van der Waals surface area contributed by atoms with Gasteiger partial charge in [0.15, 0.2) is 0 Å². The molecule has 0 aromatic carbocycles. The molecule has 2 saturated heterocycles. The zero-order valence-electron chi connectivity index (χ0n) is 14.3. The van der Waals surface area contributed by atoms with Crippen LogP contribution in [0.3, 0.4) is 0 Å². The maximum atomic E-state index is 12.7. The number of sulfonamides is 1. The Hall–Kier alpha value is -2.03. The van der Waals surface area contributed by atoms with Gasteiger partial charge in [-0.3, -0.25) is 9.97 Å². The molecule has 4 heterocycles. The van der Waals surface area contributed by atoms with Crippen LogP contribution in [-0.4, -0.2) is 54.6 Å². The smallest absolute Gasteiger partial charge is 0.244 e. The van der Waals surface area contributed by atoms with Gasteiger partial charge < -0.3 is 9.47 Å². The lowest BCUT2D eigenvalue weighted by Gasteiger charge is -2.49. The van der Waals surface area contributed by atoms with Crippen LogP contribution in [0.1, 0.15) is 12.8 Å². The summed E-state index contributed by atoms with van der Waals surface area (Å²) in [5, 5.41) is 0. The molecule has 0 amide bonds. The fourth-order valence-corrected chi connectivity index (χ4v) is 5.18. The van der Waals surface area contributed by atoms with Crippen LogP contribution < -0.4 is 4.74 Å². The van der Waals surface area contributed by atoms with Crippen molar-refractivity contribution in [1.29, 1.82) is 0 Å². The quantitative estimate of drug-likeness (QED) is 0.765. The first-order valence-electron chi connectivity index (χ1n) is 8.67. The third-order valence-electron chi connectivity index (χ3n) is 5.13. The third kappa shape index (κ3) is 3.20. The van der Waals surface area contributed by atoms with Crippen LogP contribution >= 0.6 is 0 Å². The van der Waals surface area contributed by atoms with Crippen LogP contribution in [0.2, 0.25) is 0 Å². The van der Waals surface area contributed by atoms with Gasteiger partial charge in [-0.1, -0.05) is 0 Å². The van der Waals surface area contributed by atoms with E-state index in [2.05, 4.69) is 9.97 Å². The summed E-state index contributed by atoms with van der Waals surface area (Å²) < 4.78 is 38.5. The summed E-state index contributed by atoms with van der Waals surface area (Å²) in [5.41, 5.74) is -0.381. The number of aromatic nitrogens is 2. The highest BCUT2D eigenvalue weighted by Crippen LogP contribution is 2.43. The van der Waals surface area contributed by atoms with E-state index in [9.17, 15) is 8.42 Å². The molecule has 138 valence electrons. The fraction of sp³-hybridized carbons (Fsp3) is 0.444. The van der Waals surface area contributed by atoms with Crippen molar-refractivity contribution < 1.29 is 17.9 Å². The number of pyridine rings is 2. The van der Waals surface area contributed by atoms with Crippen molar-refractivity contribution >= 4 is 10.0 Å². The molecule has 0 N–H and O–H groups in total. The second-order valence-electron chi connectivity index (χ2n) is 6.69. The van der Waals surface area contributed by atoms with E-state index in [1.165, 1.54) is 10.5 Å². The minimum Gasteiger partial charge on any atom is -0.492 e. The van der Waals surface area contributed by atoms with E-state index in [4.69, 9.17) is 9.47 Å². The molecule has 0 aliphatic carbocycles. The van der Waals surface area contributed by atoms with Crippen molar-refractivity contribution in [2.24, 2.45) is 5.92 Å². The summed E-state index contributed by atoms with van der Waals surface area (Å²) in [7, 11) is -3.50. The number of hydrogen-bond donors (Lipinski definition) is 0. The summed E-state index contributed by atoms with van der Waals surface area (Å²) in [6.45, 7) is 2.01. The first-order valence-corrected chi connectivity index (χ1v) is 10.1. The minimum absolute atomic E-state index is 0.226. The summed E-state index contributed by atoms with van der Waals surface area (Å²) in [6.07, 6.45) is 8.10. The molecule has 2 aliphatic heterocycles. The summed E-state index contributed by atoms with van der Waals surface area (Å²) in [6, 6.07) is 6.91. The van der Waals surface area contributed by atoms with Gasteiger partial charge in [-0.2, -0.15) is 4.31 Å².